The fraction of sp³-hybridized carbons (Fsp3) is 0.273. The van der Waals surface area contributed by atoms with Gasteiger partial charge in [0.2, 0.25) is 5.13 Å². The largest absolute Gasteiger partial charge is 0.416 e. The summed E-state index contributed by atoms with van der Waals surface area (Å²) in [6.07, 6.45) is -0.829. The Morgan fingerprint density at radius 3 is 2.63 bits per heavy atom. The summed E-state index contributed by atoms with van der Waals surface area (Å²) < 4.78 is 73.5. The number of benzene rings is 2. The molecule has 186 valence electrons. The standard InChI is InChI=1S/C22H20F3N5O2S2.ClH/c23-22(24,25)16-4-5-19(20(10-16)14-6-8-26-11-14)18-3-1-2-15-12-30(9-7-17(15)18)34(31,32)29-21-27-13-28-33-21;/h1-6,10,13,26H,7-9,11-12H2,(H,27,28,29);1H. The van der Waals surface area contributed by atoms with Crippen LogP contribution in [0.5, 0.6) is 0 Å². The number of anilines is 1. The minimum absolute atomic E-state index is 0. The molecule has 0 unspecified atom stereocenters. The fourth-order valence-electron chi connectivity index (χ4n) is 4.33. The second-order valence-electron chi connectivity index (χ2n) is 8.00. The number of hydrogen-bond donors (Lipinski definition) is 2. The highest BCUT2D eigenvalue weighted by Gasteiger charge is 2.33. The molecule has 2 aliphatic heterocycles. The van der Waals surface area contributed by atoms with Crippen molar-refractivity contribution >= 4 is 44.9 Å². The van der Waals surface area contributed by atoms with E-state index in [4.69, 9.17) is 0 Å². The van der Waals surface area contributed by atoms with Crippen LogP contribution in [0.4, 0.5) is 18.3 Å². The van der Waals surface area contributed by atoms with Gasteiger partial charge in [0.25, 0.3) is 0 Å². The van der Waals surface area contributed by atoms with E-state index in [2.05, 4.69) is 19.4 Å². The van der Waals surface area contributed by atoms with Crippen LogP contribution in [0.15, 0.2) is 48.8 Å². The summed E-state index contributed by atoms with van der Waals surface area (Å²) in [4.78, 5) is 3.87. The van der Waals surface area contributed by atoms with E-state index in [1.54, 1.807) is 0 Å². The Bertz CT molecular complexity index is 1360. The molecule has 0 saturated heterocycles. The van der Waals surface area contributed by atoms with Crippen LogP contribution in [0.1, 0.15) is 22.3 Å². The summed E-state index contributed by atoms with van der Waals surface area (Å²) in [7, 11) is -3.82. The highest BCUT2D eigenvalue weighted by molar-refractivity contribution is 7.90. The van der Waals surface area contributed by atoms with Crippen molar-refractivity contribution in [3.05, 3.63) is 71.1 Å². The van der Waals surface area contributed by atoms with E-state index >= 15 is 0 Å². The van der Waals surface area contributed by atoms with Crippen molar-refractivity contribution in [2.24, 2.45) is 0 Å². The minimum atomic E-state index is -4.44. The molecule has 0 amide bonds. The molecule has 5 rings (SSSR count). The number of nitrogens with zero attached hydrogens (tertiary/aromatic N) is 3. The Morgan fingerprint density at radius 1 is 1.11 bits per heavy atom. The number of fused-ring (bicyclic) bond motifs is 1. The molecule has 0 atom stereocenters. The first-order valence-corrected chi connectivity index (χ1v) is 12.7. The number of nitrogens with one attached hydrogen (secondary N) is 2. The molecule has 0 spiro atoms. The lowest BCUT2D eigenvalue weighted by molar-refractivity contribution is -0.137. The van der Waals surface area contributed by atoms with E-state index in [1.165, 1.54) is 22.8 Å². The molecule has 35 heavy (non-hydrogen) atoms. The number of halogens is 4. The van der Waals surface area contributed by atoms with Gasteiger partial charge in [-0.15, -0.1) is 12.4 Å². The molecule has 2 N–H and O–H groups in total. The third-order valence-electron chi connectivity index (χ3n) is 5.94. The highest BCUT2D eigenvalue weighted by atomic mass is 35.5. The first-order chi connectivity index (χ1) is 16.2. The van der Waals surface area contributed by atoms with Gasteiger partial charge in [0.15, 0.2) is 0 Å². The van der Waals surface area contributed by atoms with E-state index in [0.717, 1.165) is 39.9 Å². The Hall–Kier alpha value is -2.51. The molecule has 0 bridgehead atoms. The molecule has 7 nitrogen and oxygen atoms in total. The van der Waals surface area contributed by atoms with Crippen LogP contribution in [0, 0.1) is 0 Å². The minimum Gasteiger partial charge on any atom is -0.309 e. The van der Waals surface area contributed by atoms with Crippen LogP contribution in [0.25, 0.3) is 16.7 Å². The van der Waals surface area contributed by atoms with Crippen molar-refractivity contribution in [2.45, 2.75) is 19.1 Å². The van der Waals surface area contributed by atoms with E-state index in [9.17, 15) is 21.6 Å². The molecule has 1 aromatic heterocycles. The van der Waals surface area contributed by atoms with Gasteiger partial charge >= 0.3 is 16.4 Å². The van der Waals surface area contributed by atoms with Crippen molar-refractivity contribution in [2.75, 3.05) is 24.4 Å². The van der Waals surface area contributed by atoms with Gasteiger partial charge in [-0.05, 0) is 51.9 Å². The Kier molecular flexibility index (Phi) is 7.21. The van der Waals surface area contributed by atoms with Gasteiger partial charge in [-0.2, -0.15) is 30.3 Å². The van der Waals surface area contributed by atoms with E-state index in [1.807, 2.05) is 24.3 Å². The monoisotopic (exact) mass is 543 g/mol. The predicted octanol–water partition coefficient (Wildman–Crippen LogP) is 4.35. The van der Waals surface area contributed by atoms with E-state index in [0.29, 0.717) is 30.6 Å². The number of alkyl halides is 3. The maximum absolute atomic E-state index is 13.4. The van der Waals surface area contributed by atoms with Gasteiger partial charge in [-0.3, -0.25) is 0 Å². The summed E-state index contributed by atoms with van der Waals surface area (Å²) in [6.45, 7) is 1.48. The van der Waals surface area contributed by atoms with Gasteiger partial charge in [0, 0.05) is 37.7 Å². The van der Waals surface area contributed by atoms with E-state index in [-0.39, 0.29) is 30.6 Å². The number of hydrogen-bond acceptors (Lipinski definition) is 6. The topological polar surface area (TPSA) is 87.2 Å². The zero-order valence-electron chi connectivity index (χ0n) is 18.2. The molecule has 3 aromatic rings. The highest BCUT2D eigenvalue weighted by Crippen LogP contribution is 2.39. The molecular weight excluding hydrogens is 523 g/mol. The van der Waals surface area contributed by atoms with Crippen LogP contribution < -0.4 is 10.0 Å². The molecule has 0 aliphatic carbocycles. The van der Waals surface area contributed by atoms with Gasteiger partial charge < -0.3 is 5.32 Å². The molecule has 2 aromatic carbocycles. The summed E-state index contributed by atoms with van der Waals surface area (Å²) in [5, 5.41) is 3.33. The lowest BCUT2D eigenvalue weighted by atomic mass is 9.86. The zero-order chi connectivity index (χ0) is 23.9. The third kappa shape index (κ3) is 5.21. The molecular formula is C22H21ClF3N5O2S2. The lowest BCUT2D eigenvalue weighted by Crippen LogP contribution is -2.39. The number of aromatic nitrogens is 2. The fourth-order valence-corrected chi connectivity index (χ4v) is 6.13. The Morgan fingerprint density at radius 2 is 1.94 bits per heavy atom. The average molecular weight is 544 g/mol. The molecule has 13 heteroatoms. The second-order valence-corrected chi connectivity index (χ2v) is 10.4. The first kappa shape index (κ1) is 25.6. The van der Waals surface area contributed by atoms with Gasteiger partial charge in [0.1, 0.15) is 6.33 Å². The normalized spacial score (nSPS) is 16.4. The second kappa shape index (κ2) is 9.86. The van der Waals surface area contributed by atoms with Crippen LogP contribution in [0.2, 0.25) is 0 Å². The first-order valence-electron chi connectivity index (χ1n) is 10.5. The molecule has 3 heterocycles. The van der Waals surface area contributed by atoms with Crippen LogP contribution in [-0.4, -0.2) is 41.7 Å². The molecule has 0 saturated carbocycles. The van der Waals surface area contributed by atoms with Crippen molar-refractivity contribution in [1.82, 2.24) is 19.0 Å². The van der Waals surface area contributed by atoms with Crippen LogP contribution >= 0.6 is 23.9 Å². The summed E-state index contributed by atoms with van der Waals surface area (Å²) >= 11 is 0.947. The van der Waals surface area contributed by atoms with Crippen LogP contribution in [0.3, 0.4) is 0 Å². The van der Waals surface area contributed by atoms with Gasteiger partial charge in [-0.1, -0.05) is 30.3 Å². The maximum atomic E-state index is 13.4. The van der Waals surface area contributed by atoms with Gasteiger partial charge in [0.05, 0.1) is 5.56 Å². The summed E-state index contributed by atoms with van der Waals surface area (Å²) in [5.41, 5.74) is 3.96. The van der Waals surface area contributed by atoms with E-state index < -0.39 is 21.9 Å². The molecule has 0 fully saturated rings. The molecule has 2 aliphatic rings. The summed E-state index contributed by atoms with van der Waals surface area (Å²) in [5.74, 6) is 0. The van der Waals surface area contributed by atoms with Crippen molar-refractivity contribution in [3.8, 4) is 11.1 Å². The molecule has 0 radical (unpaired) electrons. The zero-order valence-corrected chi connectivity index (χ0v) is 20.6. The smallest absolute Gasteiger partial charge is 0.309 e. The van der Waals surface area contributed by atoms with Crippen molar-refractivity contribution < 1.29 is 21.6 Å². The SMILES string of the molecule is Cl.O=S(=O)(Nc1ncns1)N1CCc2c(cccc2-c2ccc(C(F)(F)F)cc2C2=CCNC2)C1. The van der Waals surface area contributed by atoms with Crippen molar-refractivity contribution in [1.29, 1.82) is 0 Å². The Balaban J connectivity index is 0.00000289. The Labute approximate surface area is 210 Å². The van der Waals surface area contributed by atoms with Crippen LogP contribution in [-0.2, 0) is 29.4 Å². The quantitative estimate of drug-likeness (QED) is 0.500. The predicted molar refractivity (Wildman–Crippen MR) is 132 cm³/mol. The third-order valence-corrected chi connectivity index (χ3v) is 8.09. The average Bonchev–Trinajstić information content (AvgIpc) is 3.51. The maximum Gasteiger partial charge on any atom is 0.416 e. The van der Waals surface area contributed by atoms with Gasteiger partial charge in [-0.25, -0.2) is 9.71 Å². The van der Waals surface area contributed by atoms with Crippen molar-refractivity contribution in [3.63, 3.8) is 0 Å². The summed E-state index contributed by atoms with van der Waals surface area (Å²) in [6, 6.07) is 9.38. The lowest BCUT2D eigenvalue weighted by Gasteiger charge is -2.29. The number of rotatable bonds is 5.